The number of amides is 1. The van der Waals surface area contributed by atoms with Gasteiger partial charge in [-0.25, -0.2) is 0 Å². The smallest absolute Gasteiger partial charge is 0.416 e. The monoisotopic (exact) mass is 467 g/mol. The Kier molecular flexibility index (Phi) is 13.0. The molecule has 9 heteroatoms. The van der Waals surface area contributed by atoms with E-state index in [-0.39, 0.29) is 29.7 Å². The summed E-state index contributed by atoms with van der Waals surface area (Å²) in [7, 11) is 1.52. The molecule has 182 valence electrons. The van der Waals surface area contributed by atoms with E-state index in [9.17, 15) is 22.8 Å². The minimum absolute atomic E-state index is 0.0766. The largest absolute Gasteiger partial charge is 0.487 e. The van der Waals surface area contributed by atoms with Crippen LogP contribution in [-0.4, -0.2) is 25.3 Å². The number of carbonyl (C=O) groups excluding carboxylic acids is 2. The van der Waals surface area contributed by atoms with Crippen molar-refractivity contribution < 1.29 is 27.5 Å². The average molecular weight is 468 g/mol. The minimum Gasteiger partial charge on any atom is -0.487 e. The van der Waals surface area contributed by atoms with Gasteiger partial charge in [0.2, 0.25) is 0 Å². The third-order valence-corrected chi connectivity index (χ3v) is 3.94. The van der Waals surface area contributed by atoms with Crippen molar-refractivity contribution >= 4 is 17.4 Å². The highest BCUT2D eigenvalue weighted by Crippen LogP contribution is 2.30. The van der Waals surface area contributed by atoms with Gasteiger partial charge in [0.05, 0.1) is 17.0 Å². The molecular weight excluding hydrogens is 435 g/mol. The number of hydrogen-bond donors (Lipinski definition) is 3. The molecule has 2 aromatic rings. The van der Waals surface area contributed by atoms with E-state index >= 15 is 0 Å². The summed E-state index contributed by atoms with van der Waals surface area (Å²) in [5, 5.41) is 5.45. The summed E-state index contributed by atoms with van der Waals surface area (Å²) >= 11 is 0. The van der Waals surface area contributed by atoms with E-state index in [4.69, 9.17) is 10.5 Å². The Bertz CT molecular complexity index is 907. The lowest BCUT2D eigenvalue weighted by atomic mass is 10.2. The summed E-state index contributed by atoms with van der Waals surface area (Å²) < 4.78 is 43.4. The molecule has 6 nitrogen and oxygen atoms in total. The number of hydrogen-bond acceptors (Lipinski definition) is 5. The third kappa shape index (κ3) is 9.67. The Hall–Kier alpha value is -3.49. The van der Waals surface area contributed by atoms with Gasteiger partial charge in [-0.05, 0) is 48.5 Å². The standard InChI is InChI=1S/C20H20F3N3O3.2C2H6/c1-12(27)18(24)17(26-15-7-3-13(4-8-15)19(28)25-2)11-29-16-9-5-14(6-10-16)20(21,22)23;2*1-2/h3-10,26H,11,24H2,1-2H3,(H,25,28);2*1-2H3/b18-17-;;. The normalized spacial score (nSPS) is 10.9. The second-order valence-electron chi connectivity index (χ2n) is 6.04. The van der Waals surface area contributed by atoms with Gasteiger partial charge < -0.3 is 21.1 Å². The fourth-order valence-corrected chi connectivity index (χ4v) is 2.31. The number of Topliss-reactive ketones (excluding diaryl/α,β-unsaturated/α-hetero) is 1. The van der Waals surface area contributed by atoms with Gasteiger partial charge in [0.1, 0.15) is 12.4 Å². The molecule has 2 aromatic carbocycles. The molecule has 0 aliphatic carbocycles. The number of halogens is 3. The zero-order chi connectivity index (χ0) is 25.6. The van der Waals surface area contributed by atoms with Crippen LogP contribution in [0.25, 0.3) is 0 Å². The van der Waals surface area contributed by atoms with Crippen molar-refractivity contribution in [1.82, 2.24) is 5.32 Å². The first-order valence-corrected chi connectivity index (χ1v) is 10.5. The summed E-state index contributed by atoms with van der Waals surface area (Å²) in [6.07, 6.45) is -4.44. The molecule has 0 atom stereocenters. The van der Waals surface area contributed by atoms with Crippen LogP contribution in [0.15, 0.2) is 59.9 Å². The number of nitrogens with one attached hydrogen (secondary N) is 2. The molecule has 1 amide bonds. The summed E-state index contributed by atoms with van der Waals surface area (Å²) in [5.74, 6) is -0.463. The van der Waals surface area contributed by atoms with Crippen LogP contribution in [0, 0.1) is 0 Å². The van der Waals surface area contributed by atoms with Crippen LogP contribution >= 0.6 is 0 Å². The van der Waals surface area contributed by atoms with E-state index < -0.39 is 17.5 Å². The highest BCUT2D eigenvalue weighted by molar-refractivity contribution is 5.95. The van der Waals surface area contributed by atoms with Crippen LogP contribution in [0.1, 0.15) is 50.5 Å². The number of ether oxygens (including phenoxy) is 1. The molecule has 0 saturated carbocycles. The maximum absolute atomic E-state index is 12.6. The Morgan fingerprint density at radius 3 is 1.88 bits per heavy atom. The van der Waals surface area contributed by atoms with Crippen molar-refractivity contribution in [3.8, 4) is 5.75 Å². The zero-order valence-electron chi connectivity index (χ0n) is 19.8. The lowest BCUT2D eigenvalue weighted by Gasteiger charge is -2.15. The van der Waals surface area contributed by atoms with E-state index in [2.05, 4.69) is 10.6 Å². The quantitative estimate of drug-likeness (QED) is 0.476. The van der Waals surface area contributed by atoms with E-state index in [0.717, 1.165) is 12.1 Å². The van der Waals surface area contributed by atoms with Gasteiger partial charge in [-0.2, -0.15) is 13.2 Å². The number of ketones is 1. The lowest BCUT2D eigenvalue weighted by molar-refractivity contribution is -0.137. The number of alkyl halides is 3. The van der Waals surface area contributed by atoms with Crippen LogP contribution < -0.4 is 21.1 Å². The number of rotatable bonds is 7. The first-order valence-electron chi connectivity index (χ1n) is 10.5. The predicted octanol–water partition coefficient (Wildman–Crippen LogP) is 5.37. The highest BCUT2D eigenvalue weighted by atomic mass is 19.4. The number of benzene rings is 2. The summed E-state index contributed by atoms with van der Waals surface area (Å²) in [6.45, 7) is 9.11. The van der Waals surface area contributed by atoms with Crippen LogP contribution in [0.4, 0.5) is 18.9 Å². The third-order valence-electron chi connectivity index (χ3n) is 3.94. The first kappa shape index (κ1) is 29.5. The number of nitrogens with two attached hydrogens (primary N) is 1. The van der Waals surface area contributed by atoms with Gasteiger partial charge in [0, 0.05) is 25.2 Å². The Morgan fingerprint density at radius 1 is 0.939 bits per heavy atom. The van der Waals surface area contributed by atoms with Crippen molar-refractivity contribution in [2.45, 2.75) is 40.8 Å². The van der Waals surface area contributed by atoms with E-state index in [1.54, 1.807) is 24.3 Å². The minimum atomic E-state index is -4.44. The molecule has 0 unspecified atom stereocenters. The topological polar surface area (TPSA) is 93.4 Å². The molecule has 4 N–H and O–H groups in total. The van der Waals surface area contributed by atoms with Gasteiger partial charge >= 0.3 is 6.18 Å². The second-order valence-corrected chi connectivity index (χ2v) is 6.04. The van der Waals surface area contributed by atoms with Gasteiger partial charge in [-0.1, -0.05) is 27.7 Å². The van der Waals surface area contributed by atoms with Gasteiger partial charge in [-0.15, -0.1) is 0 Å². The van der Waals surface area contributed by atoms with Crippen molar-refractivity contribution in [2.75, 3.05) is 19.0 Å². The molecule has 2 rings (SSSR count). The number of anilines is 1. The zero-order valence-corrected chi connectivity index (χ0v) is 19.8. The fraction of sp³-hybridized carbons (Fsp3) is 0.333. The van der Waals surface area contributed by atoms with Crippen molar-refractivity contribution in [3.63, 3.8) is 0 Å². The molecule has 0 heterocycles. The van der Waals surface area contributed by atoms with Crippen LogP contribution in [0.3, 0.4) is 0 Å². The molecule has 0 fully saturated rings. The molecule has 0 bridgehead atoms. The van der Waals surface area contributed by atoms with E-state index in [1.807, 2.05) is 27.7 Å². The van der Waals surface area contributed by atoms with E-state index in [1.165, 1.54) is 26.1 Å². The van der Waals surface area contributed by atoms with Crippen molar-refractivity contribution in [3.05, 3.63) is 71.1 Å². The van der Waals surface area contributed by atoms with Crippen molar-refractivity contribution in [1.29, 1.82) is 0 Å². The van der Waals surface area contributed by atoms with Gasteiger partial charge in [0.25, 0.3) is 5.91 Å². The molecule has 33 heavy (non-hydrogen) atoms. The van der Waals surface area contributed by atoms with Crippen LogP contribution in [-0.2, 0) is 11.0 Å². The molecule has 0 radical (unpaired) electrons. The molecule has 0 aliphatic heterocycles. The summed E-state index contributed by atoms with van der Waals surface area (Å²) in [6, 6.07) is 10.6. The summed E-state index contributed by atoms with van der Waals surface area (Å²) in [5.41, 5.74) is 6.20. The summed E-state index contributed by atoms with van der Waals surface area (Å²) in [4.78, 5) is 23.3. The molecular formula is C24H32F3N3O3. The lowest BCUT2D eigenvalue weighted by Crippen LogP contribution is -2.21. The maximum atomic E-state index is 12.6. The number of allylic oxidation sites excluding steroid dienone is 1. The Morgan fingerprint density at radius 2 is 1.45 bits per heavy atom. The SMILES string of the molecule is CC.CC.CNC(=O)c1ccc(N/C(COc2ccc(C(F)(F)F)cc2)=C(\N)C(C)=O)cc1. The van der Waals surface area contributed by atoms with Gasteiger partial charge in [0.15, 0.2) is 5.78 Å². The Labute approximate surface area is 193 Å². The van der Waals surface area contributed by atoms with Crippen molar-refractivity contribution in [2.24, 2.45) is 5.73 Å². The Balaban J connectivity index is 0.00000242. The first-order chi connectivity index (χ1) is 15.6. The van der Waals surface area contributed by atoms with Crippen LogP contribution in [0.2, 0.25) is 0 Å². The highest BCUT2D eigenvalue weighted by Gasteiger charge is 2.30. The molecule has 0 spiro atoms. The van der Waals surface area contributed by atoms with Gasteiger partial charge in [-0.3, -0.25) is 9.59 Å². The number of carbonyl (C=O) groups is 2. The molecule has 0 aliphatic rings. The average Bonchev–Trinajstić information content (AvgIpc) is 2.83. The fourth-order valence-electron chi connectivity index (χ4n) is 2.31. The van der Waals surface area contributed by atoms with Crippen LogP contribution in [0.5, 0.6) is 5.75 Å². The molecule has 0 saturated heterocycles. The second kappa shape index (κ2) is 14.5. The van der Waals surface area contributed by atoms with E-state index in [0.29, 0.717) is 11.3 Å². The maximum Gasteiger partial charge on any atom is 0.416 e. The molecule has 0 aromatic heterocycles. The predicted molar refractivity (Wildman–Crippen MR) is 125 cm³/mol.